The molecule has 1 atom stereocenters. The van der Waals surface area contributed by atoms with Gasteiger partial charge in [-0.2, -0.15) is 0 Å². The number of amides is 1. The topological polar surface area (TPSA) is 64.3 Å². The summed E-state index contributed by atoms with van der Waals surface area (Å²) in [5, 5.41) is 3.02. The van der Waals surface area contributed by atoms with Crippen LogP contribution in [0.25, 0.3) is 0 Å². The van der Waals surface area contributed by atoms with Crippen molar-refractivity contribution in [3.8, 4) is 5.75 Å². The molecule has 1 aromatic carbocycles. The predicted octanol–water partition coefficient (Wildman–Crippen LogP) is 1.76. The number of aryl methyl sites for hydroxylation is 1. The van der Waals surface area contributed by atoms with E-state index in [0.29, 0.717) is 13.0 Å². The van der Waals surface area contributed by atoms with Gasteiger partial charge in [0.25, 0.3) is 0 Å². The van der Waals surface area contributed by atoms with E-state index in [9.17, 15) is 9.18 Å². The van der Waals surface area contributed by atoms with Gasteiger partial charge in [0.15, 0.2) is 11.6 Å². The van der Waals surface area contributed by atoms with E-state index < -0.39 is 17.3 Å². The molecule has 0 saturated heterocycles. The maximum atomic E-state index is 13.5. The van der Waals surface area contributed by atoms with Gasteiger partial charge in [-0.15, -0.1) is 0 Å². The summed E-state index contributed by atoms with van der Waals surface area (Å²) in [4.78, 5) is 11.4. The fourth-order valence-corrected chi connectivity index (χ4v) is 1.78. The molecule has 19 heavy (non-hydrogen) atoms. The number of hydrogen-bond donors (Lipinski definition) is 2. The molecule has 0 saturated carbocycles. The van der Waals surface area contributed by atoms with Gasteiger partial charge >= 0.3 is 0 Å². The van der Waals surface area contributed by atoms with Crippen LogP contribution >= 0.6 is 0 Å². The minimum Gasteiger partial charge on any atom is -0.490 e. The van der Waals surface area contributed by atoms with Gasteiger partial charge in [0.1, 0.15) is 0 Å². The van der Waals surface area contributed by atoms with Crippen LogP contribution in [0.3, 0.4) is 0 Å². The van der Waals surface area contributed by atoms with E-state index in [-0.39, 0.29) is 12.4 Å². The largest absolute Gasteiger partial charge is 0.490 e. The van der Waals surface area contributed by atoms with Crippen molar-refractivity contribution in [1.29, 1.82) is 0 Å². The summed E-state index contributed by atoms with van der Waals surface area (Å²) in [7, 11) is 0. The van der Waals surface area contributed by atoms with E-state index >= 15 is 0 Å². The molecule has 0 aliphatic carbocycles. The average Bonchev–Trinajstić information content (AvgIpc) is 2.33. The first-order valence-corrected chi connectivity index (χ1v) is 6.33. The molecule has 0 radical (unpaired) electrons. The molecule has 1 amide bonds. The van der Waals surface area contributed by atoms with Gasteiger partial charge < -0.3 is 15.8 Å². The monoisotopic (exact) mass is 268 g/mol. The molecular weight excluding hydrogens is 247 g/mol. The Balaban J connectivity index is 2.62. The Morgan fingerprint density at radius 1 is 1.53 bits per heavy atom. The summed E-state index contributed by atoms with van der Waals surface area (Å²) in [5.41, 5.74) is 5.44. The Morgan fingerprint density at radius 3 is 2.79 bits per heavy atom. The SMILES string of the molecule is CCNC(C)(CCOc1cc(C)ccc1F)C(N)=O. The highest BCUT2D eigenvalue weighted by Crippen LogP contribution is 2.19. The second-order valence-electron chi connectivity index (χ2n) is 4.76. The highest BCUT2D eigenvalue weighted by molar-refractivity contribution is 5.84. The van der Waals surface area contributed by atoms with Crippen molar-refractivity contribution in [2.45, 2.75) is 32.7 Å². The Bertz CT molecular complexity index is 451. The van der Waals surface area contributed by atoms with Gasteiger partial charge in [-0.25, -0.2) is 4.39 Å². The van der Waals surface area contributed by atoms with Crippen molar-refractivity contribution in [3.05, 3.63) is 29.6 Å². The third kappa shape index (κ3) is 4.21. The Hall–Kier alpha value is -1.62. The normalized spacial score (nSPS) is 13.9. The Kier molecular flexibility index (Phi) is 5.30. The van der Waals surface area contributed by atoms with Crippen molar-refractivity contribution in [2.24, 2.45) is 5.73 Å². The first-order valence-electron chi connectivity index (χ1n) is 6.33. The summed E-state index contributed by atoms with van der Waals surface area (Å²) < 4.78 is 18.9. The molecule has 5 heteroatoms. The van der Waals surface area contributed by atoms with E-state index in [0.717, 1.165) is 5.56 Å². The standard InChI is InChI=1S/C14H21FN2O2/c1-4-17-14(3,13(16)18)7-8-19-12-9-10(2)5-6-11(12)15/h5-6,9,17H,4,7-8H2,1-3H3,(H2,16,18). The zero-order valence-electron chi connectivity index (χ0n) is 11.6. The number of nitrogens with one attached hydrogen (secondary N) is 1. The smallest absolute Gasteiger partial charge is 0.237 e. The van der Waals surface area contributed by atoms with E-state index in [2.05, 4.69) is 5.32 Å². The molecule has 0 aliphatic rings. The van der Waals surface area contributed by atoms with Crippen LogP contribution in [-0.4, -0.2) is 24.6 Å². The number of halogens is 1. The van der Waals surface area contributed by atoms with Crippen LogP contribution in [0.15, 0.2) is 18.2 Å². The van der Waals surface area contributed by atoms with Crippen LogP contribution in [0, 0.1) is 12.7 Å². The lowest BCUT2D eigenvalue weighted by Gasteiger charge is -2.26. The second-order valence-corrected chi connectivity index (χ2v) is 4.76. The third-order valence-electron chi connectivity index (χ3n) is 3.06. The average molecular weight is 268 g/mol. The van der Waals surface area contributed by atoms with Crippen molar-refractivity contribution in [2.75, 3.05) is 13.2 Å². The molecular formula is C14H21FN2O2. The molecule has 0 spiro atoms. The highest BCUT2D eigenvalue weighted by atomic mass is 19.1. The van der Waals surface area contributed by atoms with Crippen LogP contribution in [0.5, 0.6) is 5.75 Å². The molecule has 3 N–H and O–H groups in total. The van der Waals surface area contributed by atoms with E-state index in [1.165, 1.54) is 6.07 Å². The third-order valence-corrected chi connectivity index (χ3v) is 3.06. The van der Waals surface area contributed by atoms with Crippen LogP contribution < -0.4 is 15.8 Å². The summed E-state index contributed by atoms with van der Waals surface area (Å²) in [6, 6.07) is 4.67. The fourth-order valence-electron chi connectivity index (χ4n) is 1.78. The van der Waals surface area contributed by atoms with Crippen LogP contribution in [-0.2, 0) is 4.79 Å². The fraction of sp³-hybridized carbons (Fsp3) is 0.500. The summed E-state index contributed by atoms with van der Waals surface area (Å²) in [5.74, 6) is -0.652. The molecule has 4 nitrogen and oxygen atoms in total. The van der Waals surface area contributed by atoms with Gasteiger partial charge in [-0.3, -0.25) is 4.79 Å². The van der Waals surface area contributed by atoms with Gasteiger partial charge in [-0.1, -0.05) is 13.0 Å². The number of likely N-dealkylation sites (N-methyl/N-ethyl adjacent to an activating group) is 1. The number of carbonyl (C=O) groups excluding carboxylic acids is 1. The number of rotatable bonds is 7. The lowest BCUT2D eigenvalue weighted by molar-refractivity contribution is -0.124. The van der Waals surface area contributed by atoms with E-state index in [4.69, 9.17) is 10.5 Å². The summed E-state index contributed by atoms with van der Waals surface area (Å²) in [6.45, 7) is 6.31. The molecule has 106 valence electrons. The predicted molar refractivity (Wildman–Crippen MR) is 72.5 cm³/mol. The van der Waals surface area contributed by atoms with Gasteiger partial charge in [0.05, 0.1) is 12.1 Å². The lowest BCUT2D eigenvalue weighted by Crippen LogP contribution is -2.53. The molecule has 0 fully saturated rings. The van der Waals surface area contributed by atoms with Gasteiger partial charge in [0.2, 0.25) is 5.91 Å². The maximum absolute atomic E-state index is 13.5. The van der Waals surface area contributed by atoms with Crippen LogP contribution in [0.4, 0.5) is 4.39 Å². The first kappa shape index (κ1) is 15.4. The zero-order valence-corrected chi connectivity index (χ0v) is 11.6. The molecule has 1 unspecified atom stereocenters. The van der Waals surface area contributed by atoms with Crippen molar-refractivity contribution in [1.82, 2.24) is 5.32 Å². The van der Waals surface area contributed by atoms with Gasteiger partial charge in [-0.05, 0) is 38.1 Å². The second kappa shape index (κ2) is 6.52. The number of primary amides is 1. The first-order chi connectivity index (χ1) is 8.89. The quantitative estimate of drug-likeness (QED) is 0.792. The molecule has 0 aromatic heterocycles. The molecule has 0 aliphatic heterocycles. The highest BCUT2D eigenvalue weighted by Gasteiger charge is 2.29. The zero-order chi connectivity index (χ0) is 14.5. The minimum absolute atomic E-state index is 0.198. The molecule has 0 heterocycles. The van der Waals surface area contributed by atoms with E-state index in [1.54, 1.807) is 19.1 Å². The lowest BCUT2D eigenvalue weighted by atomic mass is 9.97. The Morgan fingerprint density at radius 2 is 2.21 bits per heavy atom. The van der Waals surface area contributed by atoms with Crippen LogP contribution in [0.2, 0.25) is 0 Å². The summed E-state index contributed by atoms with van der Waals surface area (Å²) >= 11 is 0. The van der Waals surface area contributed by atoms with Crippen molar-refractivity contribution in [3.63, 3.8) is 0 Å². The molecule has 1 rings (SSSR count). The van der Waals surface area contributed by atoms with Crippen molar-refractivity contribution < 1.29 is 13.9 Å². The molecule has 0 bridgehead atoms. The number of benzene rings is 1. The minimum atomic E-state index is -0.838. The number of carbonyl (C=O) groups is 1. The van der Waals surface area contributed by atoms with Crippen molar-refractivity contribution >= 4 is 5.91 Å². The van der Waals surface area contributed by atoms with E-state index in [1.807, 2.05) is 13.8 Å². The number of hydrogen-bond acceptors (Lipinski definition) is 3. The maximum Gasteiger partial charge on any atom is 0.237 e. The summed E-state index contributed by atoms with van der Waals surface area (Å²) in [6.07, 6.45) is 0.379. The van der Waals surface area contributed by atoms with Gasteiger partial charge in [0, 0.05) is 6.42 Å². The van der Waals surface area contributed by atoms with Crippen LogP contribution in [0.1, 0.15) is 25.8 Å². The number of nitrogens with two attached hydrogens (primary N) is 1. The molecule has 1 aromatic rings. The Labute approximate surface area is 113 Å². The number of ether oxygens (including phenoxy) is 1.